The van der Waals surface area contributed by atoms with Crippen molar-refractivity contribution in [2.75, 3.05) is 13.3 Å². The van der Waals surface area contributed by atoms with Crippen molar-refractivity contribution in [3.63, 3.8) is 0 Å². The Labute approximate surface area is 88.4 Å². The molecule has 71 valence electrons. The number of aldehydes is 1. The van der Waals surface area contributed by atoms with Crippen molar-refractivity contribution in [2.45, 2.75) is 18.9 Å². The summed E-state index contributed by atoms with van der Waals surface area (Å²) in [5, 5.41) is 0. The maximum Gasteiger partial charge on any atom is 0.209 e. The van der Waals surface area contributed by atoms with E-state index in [0.29, 0.717) is 19.4 Å². The quantitative estimate of drug-likeness (QED) is 0.250. The van der Waals surface area contributed by atoms with Gasteiger partial charge in [0.25, 0.3) is 0 Å². The van der Waals surface area contributed by atoms with Gasteiger partial charge in [-0.1, -0.05) is 11.9 Å². The molecule has 0 aromatic heterocycles. The molecule has 0 saturated carbocycles. The highest BCUT2D eigenvalue weighted by Crippen LogP contribution is 2.25. The van der Waals surface area contributed by atoms with Crippen molar-refractivity contribution < 1.29 is 13.5 Å². The highest BCUT2D eigenvalue weighted by Gasteiger charge is 2.08. The van der Waals surface area contributed by atoms with E-state index in [4.69, 9.17) is 17.6 Å². The minimum Gasteiger partial charge on any atom is -0.371 e. The topological polar surface area (TPSA) is 35.5 Å². The number of carbonyl (C=O) groups excluding carboxylic acids is 1. The van der Waals surface area contributed by atoms with E-state index >= 15 is 0 Å². The van der Waals surface area contributed by atoms with Gasteiger partial charge in [-0.3, -0.25) is 0 Å². The Hall–Kier alpha value is 0.500. The lowest BCUT2D eigenvalue weighted by Gasteiger charge is -2.14. The van der Waals surface area contributed by atoms with Gasteiger partial charge in [0.05, 0.1) is 12.7 Å². The molecule has 0 aliphatic rings. The van der Waals surface area contributed by atoms with Gasteiger partial charge in [0.1, 0.15) is 13.9 Å². The minimum absolute atomic E-state index is 0.200. The highest BCUT2D eigenvalue weighted by molar-refractivity contribution is 8.15. The molecule has 0 heterocycles. The third kappa shape index (κ3) is 8.82. The molecule has 0 aliphatic carbocycles. The molecule has 0 spiro atoms. The normalized spacial score (nSPS) is 15.9. The third-order valence-electron chi connectivity index (χ3n) is 1.29. The van der Waals surface area contributed by atoms with Crippen molar-refractivity contribution in [1.29, 1.82) is 1.34 Å². The van der Waals surface area contributed by atoms with Crippen molar-refractivity contribution in [1.82, 2.24) is 0 Å². The van der Waals surface area contributed by atoms with Crippen LogP contribution in [0.25, 0.3) is 0 Å². The van der Waals surface area contributed by atoms with Crippen molar-refractivity contribution in [3.05, 3.63) is 0 Å². The average molecular weight is 219 g/mol. The first-order valence-electron chi connectivity index (χ1n) is 4.35. The second-order valence-corrected chi connectivity index (χ2v) is 4.12. The predicted octanol–water partition coefficient (Wildman–Crippen LogP) is 0.941. The van der Waals surface area contributed by atoms with Crippen LogP contribution in [-0.2, 0) is 13.5 Å². The van der Waals surface area contributed by atoms with Crippen LogP contribution in [0.3, 0.4) is 0 Å². The van der Waals surface area contributed by atoms with E-state index in [1.54, 1.807) is 6.66 Å². The van der Waals surface area contributed by atoms with Crippen molar-refractivity contribution in [2.24, 2.45) is 0 Å². The first-order chi connectivity index (χ1) is 6.70. The van der Waals surface area contributed by atoms with Crippen molar-refractivity contribution in [3.8, 4) is 0 Å². The van der Waals surface area contributed by atoms with Crippen LogP contribution >= 0.6 is 19.9 Å². The maximum absolute atomic E-state index is 10.3. The Kier molecular flexibility index (Phi) is 8.08. The average Bonchev–Trinajstić information content (AvgIpc) is 2.13. The second-order valence-electron chi connectivity index (χ2n) is 2.38. The monoisotopic (exact) mass is 219 g/mol. The lowest BCUT2D eigenvalue weighted by molar-refractivity contribution is -0.109. The van der Waals surface area contributed by atoms with E-state index in [0.717, 1.165) is 25.3 Å². The molecule has 0 rings (SSSR count). The van der Waals surface area contributed by atoms with Gasteiger partial charge in [-0.2, -0.15) is 0 Å². The van der Waals surface area contributed by atoms with Crippen LogP contribution in [0, 0.1) is 0 Å². The summed E-state index contributed by atoms with van der Waals surface area (Å²) in [7, 11) is 5.67. The summed E-state index contributed by atoms with van der Waals surface area (Å²) in [4.78, 5) is 10.3. The Balaban J connectivity index is 3.55. The van der Waals surface area contributed by atoms with Gasteiger partial charge in [0.2, 0.25) is 7.09 Å². The smallest absolute Gasteiger partial charge is 0.209 e. The summed E-state index contributed by atoms with van der Waals surface area (Å²) in [6, 6.07) is 0. The SMILES string of the molecule is [3H][B]SO[C@@H](CC=O)CCOP([B])C. The van der Waals surface area contributed by atoms with E-state index in [1.165, 1.54) is 0 Å². The number of carbonyl (C=O) groups is 1. The fourth-order valence-electron chi connectivity index (χ4n) is 0.719. The predicted molar refractivity (Wildman–Crippen MR) is 59.5 cm³/mol. The van der Waals surface area contributed by atoms with Crippen LogP contribution in [0.15, 0.2) is 0 Å². The molecule has 0 aliphatic heterocycles. The van der Waals surface area contributed by atoms with Crippen LogP contribution in [0.4, 0.5) is 0 Å². The molecule has 3 nitrogen and oxygen atoms in total. The van der Waals surface area contributed by atoms with Crippen molar-refractivity contribution >= 4 is 40.9 Å². The fourth-order valence-corrected chi connectivity index (χ4v) is 1.44. The summed E-state index contributed by atoms with van der Waals surface area (Å²) >= 11 is 0.916. The molecule has 3 radical (unpaired) electrons. The summed E-state index contributed by atoms with van der Waals surface area (Å²) in [5.74, 6) is 0. The van der Waals surface area contributed by atoms with Crippen LogP contribution in [0.2, 0.25) is 0 Å². The molecule has 0 amide bonds. The van der Waals surface area contributed by atoms with Gasteiger partial charge < -0.3 is 13.5 Å². The van der Waals surface area contributed by atoms with Crippen LogP contribution in [-0.4, -0.2) is 41.7 Å². The largest absolute Gasteiger partial charge is 0.371 e. The number of hydrogen-bond acceptors (Lipinski definition) is 4. The second kappa shape index (κ2) is 9.07. The first-order valence-corrected chi connectivity index (χ1v) is 6.36. The molecular weight excluding hydrogens is 205 g/mol. The zero-order valence-electron chi connectivity index (χ0n) is 8.51. The Morgan fingerprint density at radius 1 is 1.92 bits per heavy atom. The molecule has 1 unspecified atom stereocenters. The maximum atomic E-state index is 10.3. The van der Waals surface area contributed by atoms with Crippen LogP contribution in [0.1, 0.15) is 12.8 Å². The van der Waals surface area contributed by atoms with Gasteiger partial charge >= 0.3 is 0 Å². The molecule has 0 aromatic carbocycles. The molecule has 0 bridgehead atoms. The molecule has 2 atom stereocenters. The summed E-state index contributed by atoms with van der Waals surface area (Å²) in [6.45, 7) is 2.28. The molecule has 7 heteroatoms. The third-order valence-corrected chi connectivity index (χ3v) is 2.26. The van der Waals surface area contributed by atoms with Gasteiger partial charge in [-0.25, -0.2) is 0 Å². The van der Waals surface area contributed by atoms with E-state index < -0.39 is 8.03 Å². The standard InChI is InChI=1S/C6H12B2O3PS/c1-12(7)10-5-3-6(2-4-9)11-13-8/h4,6,8H,2-3,5H2,1H3/t6-,12?/m0/s1/i8T. The van der Waals surface area contributed by atoms with E-state index in [-0.39, 0.29) is 6.10 Å². The van der Waals surface area contributed by atoms with Gasteiger partial charge in [0, 0.05) is 6.42 Å². The molecule has 13 heavy (non-hydrogen) atoms. The van der Waals surface area contributed by atoms with Gasteiger partial charge in [-0.05, 0) is 22.4 Å². The lowest BCUT2D eigenvalue weighted by atomic mass is 10.2. The summed E-state index contributed by atoms with van der Waals surface area (Å²) in [5.41, 5.74) is 0. The van der Waals surface area contributed by atoms with E-state index in [1.807, 2.05) is 0 Å². The first kappa shape index (κ1) is 11.6. The Bertz CT molecular complexity index is 155. The molecular formula is C6H12B2O3PS. The molecule has 0 aromatic rings. The van der Waals surface area contributed by atoms with E-state index in [9.17, 15) is 4.79 Å². The Morgan fingerprint density at radius 3 is 3.23 bits per heavy atom. The summed E-state index contributed by atoms with van der Waals surface area (Å²) in [6.07, 6.45) is 1.53. The molecule has 0 saturated heterocycles. The summed E-state index contributed by atoms with van der Waals surface area (Å²) < 4.78 is 17.1. The van der Waals surface area contributed by atoms with Gasteiger partial charge in [-0.15, -0.1) is 0 Å². The van der Waals surface area contributed by atoms with E-state index in [2.05, 4.69) is 0 Å². The Morgan fingerprint density at radius 2 is 2.69 bits per heavy atom. The number of rotatable bonds is 9. The minimum atomic E-state index is -0.849. The number of hydrogen-bond donors (Lipinski definition) is 0. The van der Waals surface area contributed by atoms with Gasteiger partial charge in [0.15, 0.2) is 0 Å². The van der Waals surface area contributed by atoms with Crippen LogP contribution < -0.4 is 0 Å². The highest BCUT2D eigenvalue weighted by atomic mass is 32.2. The zero-order valence-corrected chi connectivity index (χ0v) is 9.22. The fraction of sp³-hybridized carbons (Fsp3) is 0.833. The molecule has 0 N–H and O–H groups in total. The molecule has 0 fully saturated rings. The lowest BCUT2D eigenvalue weighted by Crippen LogP contribution is -2.12. The zero-order chi connectivity index (χ0) is 10.8. The van der Waals surface area contributed by atoms with Crippen LogP contribution in [0.5, 0.6) is 0 Å².